The lowest BCUT2D eigenvalue weighted by Gasteiger charge is -2.24. The summed E-state index contributed by atoms with van der Waals surface area (Å²) in [6.07, 6.45) is 0.0229. The first-order valence-electron chi connectivity index (χ1n) is 4.54. The minimum absolute atomic E-state index is 0.0229. The van der Waals surface area contributed by atoms with E-state index in [0.717, 1.165) is 5.56 Å². The summed E-state index contributed by atoms with van der Waals surface area (Å²) < 4.78 is 0.566. The van der Waals surface area contributed by atoms with Crippen molar-refractivity contribution in [2.24, 2.45) is 0 Å². The van der Waals surface area contributed by atoms with Crippen molar-refractivity contribution in [1.29, 1.82) is 0 Å². The van der Waals surface area contributed by atoms with E-state index in [9.17, 15) is 9.90 Å². The van der Waals surface area contributed by atoms with Crippen molar-refractivity contribution in [3.05, 3.63) is 28.2 Å². The van der Waals surface area contributed by atoms with Crippen molar-refractivity contribution in [2.75, 3.05) is 0 Å². The summed E-state index contributed by atoms with van der Waals surface area (Å²) in [7, 11) is 0. The van der Waals surface area contributed by atoms with Crippen LogP contribution in [-0.2, 0) is 10.2 Å². The number of benzene rings is 1. The molecular weight excluding hydrogens is 260 g/mol. The normalized spacial score (nSPS) is 11.4. The van der Waals surface area contributed by atoms with Gasteiger partial charge in [-0.25, -0.2) is 0 Å². The highest BCUT2D eigenvalue weighted by Crippen LogP contribution is 2.37. The molecule has 0 spiro atoms. The van der Waals surface area contributed by atoms with Gasteiger partial charge in [-0.3, -0.25) is 4.79 Å². The SMILES string of the molecule is CC(C)(CC(=O)O)c1cccc(O)c1Br. The Labute approximate surface area is 96.9 Å². The maximum atomic E-state index is 10.7. The van der Waals surface area contributed by atoms with Gasteiger partial charge >= 0.3 is 5.97 Å². The maximum absolute atomic E-state index is 10.7. The van der Waals surface area contributed by atoms with E-state index in [0.29, 0.717) is 4.47 Å². The van der Waals surface area contributed by atoms with Crippen LogP contribution in [0.4, 0.5) is 0 Å². The molecule has 0 aromatic heterocycles. The molecule has 0 aliphatic rings. The monoisotopic (exact) mass is 272 g/mol. The quantitative estimate of drug-likeness (QED) is 0.890. The minimum Gasteiger partial charge on any atom is -0.507 e. The first-order valence-corrected chi connectivity index (χ1v) is 5.33. The van der Waals surface area contributed by atoms with Crippen molar-refractivity contribution in [1.82, 2.24) is 0 Å². The summed E-state index contributed by atoms with van der Waals surface area (Å²) >= 11 is 3.26. The van der Waals surface area contributed by atoms with Gasteiger partial charge in [0.25, 0.3) is 0 Å². The van der Waals surface area contributed by atoms with E-state index < -0.39 is 11.4 Å². The summed E-state index contributed by atoms with van der Waals surface area (Å²) in [5.41, 5.74) is 0.286. The molecule has 0 unspecified atom stereocenters. The van der Waals surface area contributed by atoms with Crippen LogP contribution in [0.1, 0.15) is 25.8 Å². The van der Waals surface area contributed by atoms with Crippen LogP contribution in [0.5, 0.6) is 5.75 Å². The molecule has 3 nitrogen and oxygen atoms in total. The number of carboxylic acid groups (broad SMARTS) is 1. The van der Waals surface area contributed by atoms with Crippen molar-refractivity contribution < 1.29 is 15.0 Å². The number of halogens is 1. The van der Waals surface area contributed by atoms with Crippen molar-refractivity contribution >= 4 is 21.9 Å². The lowest BCUT2D eigenvalue weighted by molar-refractivity contribution is -0.138. The molecule has 0 atom stereocenters. The molecule has 1 aromatic rings. The van der Waals surface area contributed by atoms with Gasteiger partial charge in [-0.2, -0.15) is 0 Å². The van der Waals surface area contributed by atoms with Crippen LogP contribution in [0.15, 0.2) is 22.7 Å². The van der Waals surface area contributed by atoms with Crippen molar-refractivity contribution in [3.8, 4) is 5.75 Å². The second-order valence-corrected chi connectivity index (χ2v) is 4.89. The Kier molecular flexibility index (Phi) is 3.39. The Balaban J connectivity index is 3.14. The summed E-state index contributed by atoms with van der Waals surface area (Å²) in [5.74, 6) is -0.721. The Morgan fingerprint density at radius 3 is 2.60 bits per heavy atom. The van der Waals surface area contributed by atoms with Gasteiger partial charge in [0, 0.05) is 5.41 Å². The van der Waals surface area contributed by atoms with E-state index in [1.165, 1.54) is 0 Å². The third-order valence-corrected chi connectivity index (χ3v) is 3.13. The van der Waals surface area contributed by atoms with Crippen molar-refractivity contribution in [2.45, 2.75) is 25.7 Å². The van der Waals surface area contributed by atoms with Crippen LogP contribution in [0.3, 0.4) is 0 Å². The number of rotatable bonds is 3. The smallest absolute Gasteiger partial charge is 0.304 e. The van der Waals surface area contributed by atoms with E-state index >= 15 is 0 Å². The highest BCUT2D eigenvalue weighted by atomic mass is 79.9. The van der Waals surface area contributed by atoms with Crippen LogP contribution in [-0.4, -0.2) is 16.2 Å². The Bertz CT molecular complexity index is 385. The third-order valence-electron chi connectivity index (χ3n) is 2.30. The summed E-state index contributed by atoms with van der Waals surface area (Å²) in [6, 6.07) is 5.08. The van der Waals surface area contributed by atoms with Gasteiger partial charge in [0.2, 0.25) is 0 Å². The molecule has 2 N–H and O–H groups in total. The fraction of sp³-hybridized carbons (Fsp3) is 0.364. The molecule has 15 heavy (non-hydrogen) atoms. The molecule has 0 fully saturated rings. The molecule has 0 aliphatic heterocycles. The zero-order chi connectivity index (χ0) is 11.6. The van der Waals surface area contributed by atoms with Gasteiger partial charge < -0.3 is 10.2 Å². The standard InChI is InChI=1S/C11H13BrO3/c1-11(2,6-9(14)15)7-4-3-5-8(13)10(7)12/h3-5,13H,6H2,1-2H3,(H,14,15). The number of carbonyl (C=O) groups is 1. The molecule has 0 saturated carbocycles. The molecule has 1 aromatic carbocycles. The number of hydrogen-bond donors (Lipinski definition) is 2. The van der Waals surface area contributed by atoms with Crippen LogP contribution >= 0.6 is 15.9 Å². The Hall–Kier alpha value is -1.03. The number of phenols is 1. The topological polar surface area (TPSA) is 57.5 Å². The van der Waals surface area contributed by atoms with Crippen molar-refractivity contribution in [3.63, 3.8) is 0 Å². The number of phenolic OH excluding ortho intramolecular Hbond substituents is 1. The number of aromatic hydroxyl groups is 1. The molecule has 0 aliphatic carbocycles. The first kappa shape index (κ1) is 12.0. The zero-order valence-electron chi connectivity index (χ0n) is 8.62. The fourth-order valence-corrected chi connectivity index (χ4v) is 2.32. The predicted molar refractivity (Wildman–Crippen MR) is 61.1 cm³/mol. The van der Waals surface area contributed by atoms with Gasteiger partial charge in [0.1, 0.15) is 5.75 Å². The largest absolute Gasteiger partial charge is 0.507 e. The molecule has 1 rings (SSSR count). The highest BCUT2D eigenvalue weighted by molar-refractivity contribution is 9.10. The molecule has 0 bridgehead atoms. The summed E-state index contributed by atoms with van der Waals surface area (Å²) in [5, 5.41) is 18.3. The number of aliphatic carboxylic acids is 1. The van der Waals surface area contributed by atoms with E-state index in [1.54, 1.807) is 12.1 Å². The molecule has 0 heterocycles. The van der Waals surface area contributed by atoms with E-state index in [4.69, 9.17) is 5.11 Å². The second-order valence-electron chi connectivity index (χ2n) is 4.09. The Morgan fingerprint density at radius 1 is 1.47 bits per heavy atom. The lowest BCUT2D eigenvalue weighted by atomic mass is 9.81. The van der Waals surface area contributed by atoms with Gasteiger partial charge in [0.05, 0.1) is 10.9 Å². The van der Waals surface area contributed by atoms with Gasteiger partial charge in [0.15, 0.2) is 0 Å². The summed E-state index contributed by atoms with van der Waals surface area (Å²) in [6.45, 7) is 3.67. The average Bonchev–Trinajstić information content (AvgIpc) is 2.07. The molecular formula is C11H13BrO3. The second kappa shape index (κ2) is 4.23. The molecule has 0 saturated heterocycles. The maximum Gasteiger partial charge on any atom is 0.304 e. The number of carboxylic acids is 1. The van der Waals surface area contributed by atoms with E-state index in [1.807, 2.05) is 19.9 Å². The van der Waals surface area contributed by atoms with Crippen LogP contribution in [0.2, 0.25) is 0 Å². The third kappa shape index (κ3) is 2.72. The molecule has 4 heteroatoms. The minimum atomic E-state index is -0.852. The molecule has 82 valence electrons. The Morgan fingerprint density at radius 2 is 2.07 bits per heavy atom. The summed E-state index contributed by atoms with van der Waals surface area (Å²) in [4.78, 5) is 10.7. The van der Waals surface area contributed by atoms with Crippen LogP contribution < -0.4 is 0 Å². The first-order chi connectivity index (χ1) is 6.84. The predicted octanol–water partition coefficient (Wildman–Crippen LogP) is 2.91. The number of hydrogen-bond acceptors (Lipinski definition) is 2. The van der Waals surface area contributed by atoms with Gasteiger partial charge in [-0.05, 0) is 27.6 Å². The van der Waals surface area contributed by atoms with Crippen LogP contribution in [0, 0.1) is 0 Å². The van der Waals surface area contributed by atoms with Gasteiger partial charge in [-0.15, -0.1) is 0 Å². The van der Waals surface area contributed by atoms with Gasteiger partial charge in [-0.1, -0.05) is 26.0 Å². The molecule has 0 amide bonds. The highest BCUT2D eigenvalue weighted by Gasteiger charge is 2.27. The molecule has 0 radical (unpaired) electrons. The van der Waals surface area contributed by atoms with E-state index in [-0.39, 0.29) is 12.2 Å². The zero-order valence-corrected chi connectivity index (χ0v) is 10.2. The average molecular weight is 273 g/mol. The fourth-order valence-electron chi connectivity index (χ4n) is 1.52. The van der Waals surface area contributed by atoms with Crippen LogP contribution in [0.25, 0.3) is 0 Å². The van der Waals surface area contributed by atoms with E-state index in [2.05, 4.69) is 15.9 Å². The lowest BCUT2D eigenvalue weighted by Crippen LogP contribution is -2.22.